The molecule has 2 heteroatoms. The zero-order valence-electron chi connectivity index (χ0n) is 33.5. The molecule has 1 aliphatic heterocycles. The van der Waals surface area contributed by atoms with Gasteiger partial charge in [0.25, 0.3) is 0 Å². The predicted molar refractivity (Wildman–Crippen MR) is 244 cm³/mol. The van der Waals surface area contributed by atoms with Crippen LogP contribution in [-0.2, 0) is 16.2 Å². The predicted octanol–water partition coefficient (Wildman–Crippen LogP) is 14.3. The van der Waals surface area contributed by atoms with Crippen LogP contribution in [0.1, 0.15) is 65.6 Å². The van der Waals surface area contributed by atoms with Gasteiger partial charge in [-0.2, -0.15) is 0 Å². The quantitative estimate of drug-likeness (QED) is 0.160. The fourth-order valence-electron chi connectivity index (χ4n) is 10.4. The molecule has 0 fully saturated rings. The van der Waals surface area contributed by atoms with E-state index in [4.69, 9.17) is 4.74 Å². The van der Waals surface area contributed by atoms with Gasteiger partial charge in [0.2, 0.25) is 0 Å². The van der Waals surface area contributed by atoms with E-state index in [1.54, 1.807) is 0 Å². The second-order valence-electron chi connectivity index (χ2n) is 16.9. The molecule has 3 aliphatic carbocycles. The first-order chi connectivity index (χ1) is 29.0. The fraction of sp³-hybridized carbons (Fsp3) is 0.123. The molecule has 0 radical (unpaired) electrons. The average Bonchev–Trinajstić information content (AvgIpc) is 3.78. The van der Waals surface area contributed by atoms with Crippen LogP contribution in [0.5, 0.6) is 5.75 Å². The molecule has 7 aromatic carbocycles. The standard InChI is InChI=1S/C57H45NO/c1-55(37-13-4-14-38-55)41-27-33-45(34-28-41)58(44-31-25-40(26-32-44)47-20-15-39-56(2)52-23-11-12-24-53(52)59-54(47)56)46-35-29-43(30-36-46)57(42-16-5-3-6-17-42)50-21-9-7-18-48(50)49-19-8-10-22-51(49)57/h3-37H,38-39H2,1-2H3. The van der Waals surface area contributed by atoms with Gasteiger partial charge in [-0.05, 0) is 107 Å². The van der Waals surface area contributed by atoms with Crippen LogP contribution in [0.2, 0.25) is 0 Å². The zero-order chi connectivity index (χ0) is 39.6. The Morgan fingerprint density at radius 1 is 0.475 bits per heavy atom. The Labute approximate surface area is 347 Å². The third-order valence-corrected chi connectivity index (χ3v) is 13.4. The topological polar surface area (TPSA) is 12.5 Å². The third kappa shape index (κ3) is 5.40. The fourth-order valence-corrected chi connectivity index (χ4v) is 10.4. The molecular weight excluding hydrogens is 715 g/mol. The van der Waals surface area contributed by atoms with Crippen LogP contribution < -0.4 is 9.64 Å². The molecule has 59 heavy (non-hydrogen) atoms. The van der Waals surface area contributed by atoms with E-state index in [0.717, 1.165) is 52.5 Å². The van der Waals surface area contributed by atoms with Crippen LogP contribution in [0.15, 0.2) is 218 Å². The van der Waals surface area contributed by atoms with E-state index in [0.29, 0.717) is 0 Å². The van der Waals surface area contributed by atoms with Crippen molar-refractivity contribution in [1.29, 1.82) is 0 Å². The molecular formula is C57H45NO. The van der Waals surface area contributed by atoms with E-state index >= 15 is 0 Å². The zero-order valence-corrected chi connectivity index (χ0v) is 33.5. The molecule has 0 spiro atoms. The highest BCUT2D eigenvalue weighted by atomic mass is 16.5. The highest BCUT2D eigenvalue weighted by Gasteiger charge is 2.46. The number of ether oxygens (including phenoxy) is 1. The van der Waals surface area contributed by atoms with Crippen LogP contribution in [0.25, 0.3) is 16.7 Å². The maximum atomic E-state index is 6.61. The molecule has 0 N–H and O–H groups in total. The van der Waals surface area contributed by atoms with Gasteiger partial charge in [0.05, 0.1) is 10.8 Å². The number of benzene rings is 7. The van der Waals surface area contributed by atoms with Crippen molar-refractivity contribution in [3.8, 4) is 16.9 Å². The lowest BCUT2D eigenvalue weighted by Crippen LogP contribution is -2.28. The summed E-state index contributed by atoms with van der Waals surface area (Å²) in [7, 11) is 0. The van der Waals surface area contributed by atoms with E-state index < -0.39 is 5.41 Å². The first-order valence-corrected chi connectivity index (χ1v) is 20.9. The van der Waals surface area contributed by atoms with E-state index in [1.807, 2.05) is 0 Å². The molecule has 0 saturated heterocycles. The number of fused-ring (bicyclic) bond motifs is 6. The summed E-state index contributed by atoms with van der Waals surface area (Å²) in [5.74, 6) is 2.01. The SMILES string of the molecule is CC1(c2ccc(N(c3ccc(C4=C5Oc6ccccc6C5(C)CC=C4)cc3)c3ccc(C4(c5ccccc5)c5ccccc5-c5ccccc54)cc3)cc2)C=CC=CC1. The summed E-state index contributed by atoms with van der Waals surface area (Å²) in [6, 6.07) is 64.9. The van der Waals surface area contributed by atoms with Crippen LogP contribution in [0, 0.1) is 0 Å². The monoisotopic (exact) mass is 759 g/mol. The molecule has 0 saturated carbocycles. The van der Waals surface area contributed by atoms with Crippen LogP contribution in [-0.4, -0.2) is 0 Å². The van der Waals surface area contributed by atoms with Crippen molar-refractivity contribution in [1.82, 2.24) is 0 Å². The Morgan fingerprint density at radius 3 is 1.64 bits per heavy atom. The molecule has 1 heterocycles. The summed E-state index contributed by atoms with van der Waals surface area (Å²) >= 11 is 0. The number of para-hydroxylation sites is 1. The third-order valence-electron chi connectivity index (χ3n) is 13.4. The highest BCUT2D eigenvalue weighted by Crippen LogP contribution is 2.57. The number of anilines is 3. The molecule has 2 atom stereocenters. The van der Waals surface area contributed by atoms with Crippen LogP contribution in [0.4, 0.5) is 17.1 Å². The lowest BCUT2D eigenvalue weighted by Gasteiger charge is -2.34. The van der Waals surface area contributed by atoms with Crippen molar-refractivity contribution in [3.63, 3.8) is 0 Å². The van der Waals surface area contributed by atoms with Gasteiger partial charge in [-0.1, -0.05) is 177 Å². The Kier molecular flexibility index (Phi) is 8.13. The number of nitrogens with zero attached hydrogens (tertiary/aromatic N) is 1. The van der Waals surface area contributed by atoms with Crippen LogP contribution in [0.3, 0.4) is 0 Å². The summed E-state index contributed by atoms with van der Waals surface area (Å²) in [4.78, 5) is 2.39. The highest BCUT2D eigenvalue weighted by molar-refractivity contribution is 5.87. The van der Waals surface area contributed by atoms with Crippen molar-refractivity contribution >= 4 is 22.6 Å². The van der Waals surface area contributed by atoms with Crippen molar-refractivity contribution in [2.24, 2.45) is 0 Å². The number of hydrogen-bond acceptors (Lipinski definition) is 2. The van der Waals surface area contributed by atoms with E-state index in [-0.39, 0.29) is 10.8 Å². The Bertz CT molecular complexity index is 2810. The molecule has 4 aliphatic rings. The van der Waals surface area contributed by atoms with Gasteiger partial charge in [0.1, 0.15) is 11.5 Å². The lowest BCUT2D eigenvalue weighted by molar-refractivity contribution is 0.381. The Hall–Kier alpha value is -6.90. The molecule has 0 amide bonds. The first kappa shape index (κ1) is 35.3. The van der Waals surface area contributed by atoms with Crippen molar-refractivity contribution in [2.45, 2.75) is 42.9 Å². The Morgan fingerprint density at radius 2 is 1.02 bits per heavy atom. The molecule has 7 aromatic rings. The summed E-state index contributed by atoms with van der Waals surface area (Å²) in [6.07, 6.45) is 15.4. The molecule has 2 unspecified atom stereocenters. The second-order valence-corrected chi connectivity index (χ2v) is 16.9. The molecule has 0 bridgehead atoms. The maximum Gasteiger partial charge on any atom is 0.131 e. The summed E-state index contributed by atoms with van der Waals surface area (Å²) < 4.78 is 6.61. The van der Waals surface area contributed by atoms with Crippen LogP contribution >= 0.6 is 0 Å². The van der Waals surface area contributed by atoms with Gasteiger partial charge in [-0.3, -0.25) is 0 Å². The minimum atomic E-state index is -0.447. The van der Waals surface area contributed by atoms with Gasteiger partial charge >= 0.3 is 0 Å². The number of hydrogen-bond donors (Lipinski definition) is 0. The van der Waals surface area contributed by atoms with E-state index in [9.17, 15) is 0 Å². The van der Waals surface area contributed by atoms with Crippen molar-refractivity contribution in [3.05, 3.63) is 257 Å². The molecule has 0 aromatic heterocycles. The Balaban J connectivity index is 1.03. The number of rotatable bonds is 7. The smallest absolute Gasteiger partial charge is 0.131 e. The second kappa shape index (κ2) is 13.6. The molecule has 2 nitrogen and oxygen atoms in total. The largest absolute Gasteiger partial charge is 0.460 e. The normalized spacial score (nSPS) is 20.4. The minimum absolute atomic E-state index is 0.0279. The first-order valence-electron chi connectivity index (χ1n) is 20.9. The van der Waals surface area contributed by atoms with Crippen molar-refractivity contribution < 1.29 is 4.74 Å². The average molecular weight is 760 g/mol. The van der Waals surface area contributed by atoms with Gasteiger partial charge in [0.15, 0.2) is 0 Å². The van der Waals surface area contributed by atoms with Gasteiger partial charge in [-0.25, -0.2) is 0 Å². The number of allylic oxidation sites excluding steroid dienone is 8. The minimum Gasteiger partial charge on any atom is -0.460 e. The molecule has 284 valence electrons. The molecule has 11 rings (SSSR count). The van der Waals surface area contributed by atoms with E-state index in [1.165, 1.54) is 44.5 Å². The summed E-state index contributed by atoms with van der Waals surface area (Å²) in [5, 5.41) is 0. The lowest BCUT2D eigenvalue weighted by atomic mass is 9.68. The van der Waals surface area contributed by atoms with Gasteiger partial charge in [-0.15, -0.1) is 0 Å². The van der Waals surface area contributed by atoms with Gasteiger partial charge in [0, 0.05) is 33.6 Å². The summed E-state index contributed by atoms with van der Waals surface area (Å²) in [6.45, 7) is 4.64. The van der Waals surface area contributed by atoms with Crippen molar-refractivity contribution in [2.75, 3.05) is 4.90 Å². The van der Waals surface area contributed by atoms with E-state index in [2.05, 4.69) is 231 Å². The summed E-state index contributed by atoms with van der Waals surface area (Å²) in [5.41, 5.74) is 15.3. The maximum absolute atomic E-state index is 6.61. The van der Waals surface area contributed by atoms with Gasteiger partial charge < -0.3 is 9.64 Å².